The van der Waals surface area contributed by atoms with Crippen molar-refractivity contribution in [2.24, 2.45) is 0 Å². The number of ether oxygens (including phenoxy) is 4. The Balaban J connectivity index is 1.65. The van der Waals surface area contributed by atoms with Crippen LogP contribution >= 0.6 is 22.7 Å². The Morgan fingerprint density at radius 2 is 1.18 bits per heavy atom. The van der Waals surface area contributed by atoms with Crippen LogP contribution in [0.1, 0.15) is 0 Å². The summed E-state index contributed by atoms with van der Waals surface area (Å²) < 4.78 is 33.4. The van der Waals surface area contributed by atoms with E-state index in [0.29, 0.717) is 5.69 Å². The van der Waals surface area contributed by atoms with Gasteiger partial charge in [0.25, 0.3) is 0 Å². The van der Waals surface area contributed by atoms with Crippen LogP contribution in [0.5, 0.6) is 5.75 Å². The van der Waals surface area contributed by atoms with Gasteiger partial charge in [0.05, 0.1) is 27.0 Å². The van der Waals surface area contributed by atoms with Gasteiger partial charge < -0.3 is 23.8 Å². The highest BCUT2D eigenvalue weighted by molar-refractivity contribution is 7.25. The summed E-state index contributed by atoms with van der Waals surface area (Å²) in [5.41, 5.74) is 2.16. The van der Waals surface area contributed by atoms with Gasteiger partial charge in [0.2, 0.25) is 0 Å². The molecule has 0 atom stereocenters. The van der Waals surface area contributed by atoms with Gasteiger partial charge in [-0.3, -0.25) is 9.59 Å². The molecule has 40 heavy (non-hydrogen) atoms. The van der Waals surface area contributed by atoms with E-state index in [4.69, 9.17) is 18.9 Å². The molecule has 0 N–H and O–H groups in total. The summed E-state index contributed by atoms with van der Waals surface area (Å²) >= 11 is 3.18. The molecule has 4 rings (SSSR count). The molecule has 0 aliphatic heterocycles. The average Bonchev–Trinajstić information content (AvgIpc) is 3.66. The standard InChI is InChI=1S/C29H26FNO7S2/c1-35-27(32)15-31(16-28(33)36-2)21-9-6-19(14-22(21)38-17-29(34)37-3)24-11-13-26(40-24)25-12-10-23(39-25)18-4-7-20(30)8-5-18/h4-14H,15-17H2,1-3H3. The summed E-state index contributed by atoms with van der Waals surface area (Å²) in [4.78, 5) is 41.5. The van der Waals surface area contributed by atoms with Crippen LogP contribution in [0.2, 0.25) is 0 Å². The number of anilines is 1. The molecular formula is C29H26FNO7S2. The molecule has 8 nitrogen and oxygen atoms in total. The molecular weight excluding hydrogens is 557 g/mol. The van der Waals surface area contributed by atoms with Crippen LogP contribution in [0.4, 0.5) is 10.1 Å². The third-order valence-electron chi connectivity index (χ3n) is 5.84. The van der Waals surface area contributed by atoms with Crippen LogP contribution in [0, 0.1) is 5.82 Å². The molecule has 4 aromatic rings. The Bertz CT molecular complexity index is 1480. The zero-order valence-corrected chi connectivity index (χ0v) is 23.6. The zero-order chi connectivity index (χ0) is 28.6. The minimum absolute atomic E-state index is 0.239. The third-order valence-corrected chi connectivity index (χ3v) is 8.30. The highest BCUT2D eigenvalue weighted by atomic mass is 32.1. The maximum atomic E-state index is 13.3. The number of nitrogens with zero attached hydrogens (tertiary/aromatic N) is 1. The predicted octanol–water partition coefficient (Wildman–Crippen LogP) is 5.65. The first-order valence-corrected chi connectivity index (χ1v) is 13.6. The molecule has 0 radical (unpaired) electrons. The van der Waals surface area contributed by atoms with Gasteiger partial charge in [-0.15, -0.1) is 22.7 Å². The van der Waals surface area contributed by atoms with Gasteiger partial charge in [-0.1, -0.05) is 18.2 Å². The molecule has 0 amide bonds. The van der Waals surface area contributed by atoms with Crippen molar-refractivity contribution < 1.29 is 37.7 Å². The van der Waals surface area contributed by atoms with E-state index in [1.165, 1.54) is 38.4 Å². The van der Waals surface area contributed by atoms with Gasteiger partial charge >= 0.3 is 17.9 Å². The first-order chi connectivity index (χ1) is 19.3. The first kappa shape index (κ1) is 28.8. The maximum Gasteiger partial charge on any atom is 0.343 e. The number of hydrogen-bond acceptors (Lipinski definition) is 10. The van der Waals surface area contributed by atoms with E-state index in [0.717, 1.165) is 30.6 Å². The second-order valence-electron chi connectivity index (χ2n) is 8.39. The molecule has 2 aromatic heterocycles. The SMILES string of the molecule is COC(=O)COc1cc(-c2ccc(-c3ccc(-c4ccc(F)cc4)s3)s2)ccc1N(CC(=O)OC)CC(=O)OC. The Hall–Kier alpha value is -4.22. The van der Waals surface area contributed by atoms with E-state index in [-0.39, 0.29) is 31.3 Å². The molecule has 2 aromatic carbocycles. The van der Waals surface area contributed by atoms with Crippen molar-refractivity contribution in [3.05, 3.63) is 72.5 Å². The minimum atomic E-state index is -0.586. The summed E-state index contributed by atoms with van der Waals surface area (Å²) in [6.45, 7) is -0.844. The normalized spacial score (nSPS) is 10.6. The molecule has 2 heterocycles. The van der Waals surface area contributed by atoms with Crippen LogP contribution in [0.3, 0.4) is 0 Å². The van der Waals surface area contributed by atoms with E-state index < -0.39 is 17.9 Å². The van der Waals surface area contributed by atoms with E-state index in [2.05, 4.69) is 0 Å². The number of hydrogen-bond donors (Lipinski definition) is 0. The number of rotatable bonds is 11. The van der Waals surface area contributed by atoms with Crippen molar-refractivity contribution in [3.63, 3.8) is 0 Å². The molecule has 0 aliphatic rings. The van der Waals surface area contributed by atoms with E-state index in [1.54, 1.807) is 46.9 Å². The van der Waals surface area contributed by atoms with Crippen molar-refractivity contribution in [1.82, 2.24) is 0 Å². The summed E-state index contributed by atoms with van der Waals surface area (Å²) in [6.07, 6.45) is 0. The summed E-state index contributed by atoms with van der Waals surface area (Å²) in [5, 5.41) is 0. The number of carbonyl (C=O) groups excluding carboxylic acids is 3. The second kappa shape index (κ2) is 13.2. The summed E-state index contributed by atoms with van der Waals surface area (Å²) in [6, 6.07) is 19.7. The fourth-order valence-corrected chi connectivity index (χ4v) is 5.88. The van der Waals surface area contributed by atoms with Gasteiger partial charge in [0.1, 0.15) is 24.7 Å². The monoisotopic (exact) mass is 583 g/mol. The summed E-state index contributed by atoms with van der Waals surface area (Å²) in [7, 11) is 3.76. The Labute approximate surface area is 238 Å². The molecule has 0 unspecified atom stereocenters. The number of esters is 3. The predicted molar refractivity (Wildman–Crippen MR) is 152 cm³/mol. The summed E-state index contributed by atoms with van der Waals surface area (Å²) in [5.74, 6) is -1.71. The quantitative estimate of drug-likeness (QED) is 0.165. The van der Waals surface area contributed by atoms with Crippen molar-refractivity contribution >= 4 is 46.3 Å². The molecule has 0 saturated heterocycles. The average molecular weight is 584 g/mol. The van der Waals surface area contributed by atoms with Crippen LogP contribution in [-0.2, 0) is 28.6 Å². The molecule has 0 aliphatic carbocycles. The van der Waals surface area contributed by atoms with Crippen molar-refractivity contribution in [2.45, 2.75) is 0 Å². The fraction of sp³-hybridized carbons (Fsp3) is 0.207. The number of halogens is 1. The number of methoxy groups -OCH3 is 3. The third kappa shape index (κ3) is 7.04. The Morgan fingerprint density at radius 3 is 1.73 bits per heavy atom. The van der Waals surface area contributed by atoms with Crippen LogP contribution in [0.15, 0.2) is 66.7 Å². The Morgan fingerprint density at radius 1 is 0.675 bits per heavy atom. The van der Waals surface area contributed by atoms with Crippen molar-refractivity contribution in [3.8, 4) is 36.4 Å². The zero-order valence-electron chi connectivity index (χ0n) is 22.0. The molecule has 0 saturated carbocycles. The lowest BCUT2D eigenvalue weighted by Gasteiger charge is -2.25. The fourth-order valence-electron chi connectivity index (χ4n) is 3.77. The van der Waals surface area contributed by atoms with Crippen LogP contribution in [0.25, 0.3) is 30.6 Å². The minimum Gasteiger partial charge on any atom is -0.480 e. The molecule has 0 fully saturated rings. The van der Waals surface area contributed by atoms with Gasteiger partial charge in [-0.25, -0.2) is 9.18 Å². The van der Waals surface area contributed by atoms with Gasteiger partial charge in [-0.2, -0.15) is 0 Å². The maximum absolute atomic E-state index is 13.3. The molecule has 208 valence electrons. The van der Waals surface area contributed by atoms with E-state index >= 15 is 0 Å². The smallest absolute Gasteiger partial charge is 0.343 e. The lowest BCUT2D eigenvalue weighted by Crippen LogP contribution is -2.36. The van der Waals surface area contributed by atoms with Gasteiger partial charge in [0, 0.05) is 19.5 Å². The largest absolute Gasteiger partial charge is 0.480 e. The van der Waals surface area contributed by atoms with Crippen molar-refractivity contribution in [1.29, 1.82) is 0 Å². The Kier molecular flexibility index (Phi) is 9.52. The number of carbonyl (C=O) groups is 3. The van der Waals surface area contributed by atoms with Gasteiger partial charge in [-0.05, 0) is 59.7 Å². The molecule has 0 spiro atoms. The highest BCUT2D eigenvalue weighted by Gasteiger charge is 2.21. The van der Waals surface area contributed by atoms with Crippen LogP contribution in [-0.4, -0.2) is 58.9 Å². The van der Waals surface area contributed by atoms with Gasteiger partial charge in [0.15, 0.2) is 6.61 Å². The molecule has 11 heteroatoms. The second-order valence-corrected chi connectivity index (χ2v) is 10.6. The van der Waals surface area contributed by atoms with E-state index in [9.17, 15) is 18.8 Å². The lowest BCUT2D eigenvalue weighted by atomic mass is 10.1. The lowest BCUT2D eigenvalue weighted by molar-refractivity contribution is -0.143. The molecule has 0 bridgehead atoms. The van der Waals surface area contributed by atoms with Crippen molar-refractivity contribution in [2.75, 3.05) is 45.9 Å². The number of benzene rings is 2. The highest BCUT2D eigenvalue weighted by Crippen LogP contribution is 2.42. The number of thiophene rings is 2. The van der Waals surface area contributed by atoms with E-state index in [1.807, 2.05) is 30.3 Å². The first-order valence-electron chi connectivity index (χ1n) is 12.0. The topological polar surface area (TPSA) is 91.4 Å². The van der Waals surface area contributed by atoms with Crippen LogP contribution < -0.4 is 9.64 Å².